The Balaban J connectivity index is 2.15. The lowest BCUT2D eigenvalue weighted by Crippen LogP contribution is -2.25. The van der Waals surface area contributed by atoms with Crippen LogP contribution in [-0.4, -0.2) is 21.5 Å². The van der Waals surface area contributed by atoms with Gasteiger partial charge in [0.1, 0.15) is 4.47 Å². The van der Waals surface area contributed by atoms with Gasteiger partial charge in [-0.1, -0.05) is 12.1 Å². The van der Waals surface area contributed by atoms with Crippen LogP contribution in [0.1, 0.15) is 11.1 Å². The largest absolute Gasteiger partial charge is 0.394 e. The highest BCUT2D eigenvalue weighted by Crippen LogP contribution is 2.17. The third-order valence-electron chi connectivity index (χ3n) is 2.84. The fraction of sp³-hybridized carbons (Fsp3) is 0.214. The van der Waals surface area contributed by atoms with Gasteiger partial charge >= 0.3 is 0 Å². The third-order valence-corrected chi connectivity index (χ3v) is 3.60. The quantitative estimate of drug-likeness (QED) is 0.853. The Bertz CT molecular complexity index is 736. The minimum absolute atomic E-state index is 0.146. The minimum atomic E-state index is -0.306. The molecule has 0 spiro atoms. The lowest BCUT2D eigenvalue weighted by atomic mass is 10.1. The summed E-state index contributed by atoms with van der Waals surface area (Å²) in [7, 11) is 0. The molecular weight excluding hydrogens is 336 g/mol. The van der Waals surface area contributed by atoms with Crippen molar-refractivity contribution in [3.8, 4) is 6.07 Å². The normalized spacial score (nSPS) is 10.1. The van der Waals surface area contributed by atoms with Crippen molar-refractivity contribution < 1.29 is 5.11 Å². The number of halogens is 1. The Kier molecular flexibility index (Phi) is 5.09. The minimum Gasteiger partial charge on any atom is -0.394 e. The summed E-state index contributed by atoms with van der Waals surface area (Å²) < 4.78 is 1.55. The number of nitriles is 1. The van der Waals surface area contributed by atoms with Gasteiger partial charge in [0.2, 0.25) is 0 Å². The first kappa shape index (κ1) is 15.2. The van der Waals surface area contributed by atoms with Crippen LogP contribution >= 0.6 is 15.9 Å². The van der Waals surface area contributed by atoms with E-state index in [1.165, 1.54) is 10.9 Å². The monoisotopic (exact) mass is 348 g/mol. The van der Waals surface area contributed by atoms with E-state index in [0.29, 0.717) is 22.3 Å². The number of aliphatic hydroxyl groups is 1. The molecule has 2 rings (SSSR count). The molecule has 0 aliphatic rings. The van der Waals surface area contributed by atoms with E-state index < -0.39 is 0 Å². The number of aromatic nitrogens is 2. The van der Waals surface area contributed by atoms with E-state index in [9.17, 15) is 4.79 Å². The summed E-state index contributed by atoms with van der Waals surface area (Å²) in [5.74, 6) is 0. The zero-order chi connectivity index (χ0) is 15.2. The van der Waals surface area contributed by atoms with E-state index in [0.717, 1.165) is 5.56 Å². The van der Waals surface area contributed by atoms with Gasteiger partial charge in [-0.3, -0.25) is 4.79 Å². The second kappa shape index (κ2) is 7.02. The number of nitrogens with zero attached hydrogens (tertiary/aromatic N) is 3. The molecule has 0 fully saturated rings. The molecular formula is C14H13BrN4O2. The number of rotatable bonds is 5. The van der Waals surface area contributed by atoms with Crippen LogP contribution in [0.15, 0.2) is 39.7 Å². The van der Waals surface area contributed by atoms with E-state index in [1.54, 1.807) is 12.1 Å². The second-order valence-corrected chi connectivity index (χ2v) is 5.08. The number of benzene rings is 1. The molecule has 0 amide bonds. The van der Waals surface area contributed by atoms with Crippen molar-refractivity contribution in [1.82, 2.24) is 9.78 Å². The highest BCUT2D eigenvalue weighted by atomic mass is 79.9. The average molecular weight is 349 g/mol. The summed E-state index contributed by atoms with van der Waals surface area (Å²) in [5, 5.41) is 24.8. The van der Waals surface area contributed by atoms with Crippen LogP contribution in [-0.2, 0) is 13.1 Å². The maximum atomic E-state index is 12.0. The highest BCUT2D eigenvalue weighted by molar-refractivity contribution is 9.10. The third kappa shape index (κ3) is 3.68. The van der Waals surface area contributed by atoms with Crippen molar-refractivity contribution in [2.75, 3.05) is 11.9 Å². The molecule has 6 nitrogen and oxygen atoms in total. The summed E-state index contributed by atoms with van der Waals surface area (Å²) in [5.41, 5.74) is 1.78. The molecule has 0 saturated heterocycles. The van der Waals surface area contributed by atoms with Crippen LogP contribution in [0, 0.1) is 11.3 Å². The molecule has 0 saturated carbocycles. The van der Waals surface area contributed by atoms with Crippen molar-refractivity contribution >= 4 is 21.6 Å². The van der Waals surface area contributed by atoms with Gasteiger partial charge in [0, 0.05) is 6.54 Å². The Morgan fingerprint density at radius 1 is 1.48 bits per heavy atom. The van der Waals surface area contributed by atoms with E-state index in [-0.39, 0.29) is 18.7 Å². The maximum absolute atomic E-state index is 12.0. The molecule has 1 aromatic heterocycles. The lowest BCUT2D eigenvalue weighted by molar-refractivity contribution is 0.266. The highest BCUT2D eigenvalue weighted by Gasteiger charge is 2.08. The Morgan fingerprint density at radius 3 is 3.00 bits per heavy atom. The number of anilines is 1. The zero-order valence-electron chi connectivity index (χ0n) is 11.1. The van der Waals surface area contributed by atoms with Gasteiger partial charge in [-0.05, 0) is 33.6 Å². The molecule has 0 bridgehead atoms. The average Bonchev–Trinajstić information content (AvgIpc) is 2.51. The molecule has 0 unspecified atom stereocenters. The molecule has 21 heavy (non-hydrogen) atoms. The zero-order valence-corrected chi connectivity index (χ0v) is 12.7. The van der Waals surface area contributed by atoms with Gasteiger partial charge < -0.3 is 10.4 Å². The van der Waals surface area contributed by atoms with E-state index in [1.807, 2.05) is 12.1 Å². The van der Waals surface area contributed by atoms with Crippen molar-refractivity contribution in [2.24, 2.45) is 0 Å². The number of nitrogens with one attached hydrogen (secondary N) is 1. The predicted molar refractivity (Wildman–Crippen MR) is 81.8 cm³/mol. The van der Waals surface area contributed by atoms with Gasteiger partial charge in [0.15, 0.2) is 0 Å². The van der Waals surface area contributed by atoms with E-state index >= 15 is 0 Å². The number of hydrogen-bond donors (Lipinski definition) is 2. The van der Waals surface area contributed by atoms with Crippen LogP contribution in [0.25, 0.3) is 0 Å². The van der Waals surface area contributed by atoms with Gasteiger partial charge in [-0.2, -0.15) is 10.4 Å². The van der Waals surface area contributed by atoms with Crippen molar-refractivity contribution in [3.63, 3.8) is 0 Å². The van der Waals surface area contributed by atoms with Crippen LogP contribution in [0.5, 0.6) is 0 Å². The number of aliphatic hydroxyl groups excluding tert-OH is 1. The van der Waals surface area contributed by atoms with Crippen molar-refractivity contribution in [1.29, 1.82) is 5.26 Å². The summed E-state index contributed by atoms with van der Waals surface area (Å²) in [6.45, 7) is 0.480. The SMILES string of the molecule is N#Cc1cccc(CNc2cnn(CCO)c(=O)c2Br)c1. The topological polar surface area (TPSA) is 90.9 Å². The Morgan fingerprint density at radius 2 is 2.29 bits per heavy atom. The molecule has 2 aromatic rings. The first-order valence-corrected chi connectivity index (χ1v) is 7.04. The molecule has 0 aliphatic carbocycles. The van der Waals surface area contributed by atoms with Crippen LogP contribution in [0.4, 0.5) is 5.69 Å². The van der Waals surface area contributed by atoms with Crippen molar-refractivity contribution in [3.05, 3.63) is 56.4 Å². The van der Waals surface area contributed by atoms with E-state index in [4.69, 9.17) is 10.4 Å². The van der Waals surface area contributed by atoms with Crippen LogP contribution in [0.2, 0.25) is 0 Å². The Labute approximate surface area is 129 Å². The van der Waals surface area contributed by atoms with Crippen molar-refractivity contribution in [2.45, 2.75) is 13.1 Å². The molecule has 2 N–H and O–H groups in total. The smallest absolute Gasteiger partial charge is 0.283 e. The first-order chi connectivity index (χ1) is 10.2. The summed E-state index contributed by atoms with van der Waals surface area (Å²) >= 11 is 3.23. The van der Waals surface area contributed by atoms with E-state index in [2.05, 4.69) is 32.4 Å². The summed E-state index contributed by atoms with van der Waals surface area (Å²) in [4.78, 5) is 12.0. The van der Waals surface area contributed by atoms with Gasteiger partial charge in [-0.15, -0.1) is 0 Å². The number of hydrogen-bond acceptors (Lipinski definition) is 5. The molecule has 1 heterocycles. The molecule has 1 aromatic carbocycles. The Hall–Kier alpha value is -2.17. The molecule has 108 valence electrons. The molecule has 0 radical (unpaired) electrons. The van der Waals surface area contributed by atoms with Gasteiger partial charge in [0.05, 0.1) is 36.7 Å². The lowest BCUT2D eigenvalue weighted by Gasteiger charge is -2.10. The fourth-order valence-electron chi connectivity index (χ4n) is 1.79. The molecule has 0 aliphatic heterocycles. The van der Waals surface area contributed by atoms with Crippen LogP contribution in [0.3, 0.4) is 0 Å². The summed E-state index contributed by atoms with van der Waals surface area (Å²) in [6.07, 6.45) is 1.52. The summed E-state index contributed by atoms with van der Waals surface area (Å²) in [6, 6.07) is 9.29. The first-order valence-electron chi connectivity index (χ1n) is 6.25. The molecule has 7 heteroatoms. The fourth-order valence-corrected chi connectivity index (χ4v) is 2.24. The van der Waals surface area contributed by atoms with Gasteiger partial charge in [0.25, 0.3) is 5.56 Å². The molecule has 0 atom stereocenters. The standard InChI is InChI=1S/C14H13BrN4O2/c15-13-12(9-18-19(4-5-20)14(13)21)17-8-11-3-1-2-10(6-11)7-16/h1-3,6,9,17,20H,4-5,8H2. The van der Waals surface area contributed by atoms with Gasteiger partial charge in [-0.25, -0.2) is 4.68 Å². The van der Waals surface area contributed by atoms with Crippen LogP contribution < -0.4 is 10.9 Å². The predicted octanol–water partition coefficient (Wildman–Crippen LogP) is 1.48. The second-order valence-electron chi connectivity index (χ2n) is 4.29. The maximum Gasteiger partial charge on any atom is 0.283 e.